The van der Waals surface area contributed by atoms with Gasteiger partial charge in [0.15, 0.2) is 11.5 Å². The Bertz CT molecular complexity index is 1270. The van der Waals surface area contributed by atoms with Crippen LogP contribution >= 0.6 is 0 Å². The van der Waals surface area contributed by atoms with E-state index in [9.17, 15) is 0 Å². The van der Waals surface area contributed by atoms with E-state index in [1.54, 1.807) is 7.11 Å². The highest BCUT2D eigenvalue weighted by atomic mass is 16.5. The molecule has 2 heterocycles. The molecule has 1 fully saturated rings. The fraction of sp³-hybridized carbons (Fsp3) is 0.261. The summed E-state index contributed by atoms with van der Waals surface area (Å²) >= 11 is 0. The van der Waals surface area contributed by atoms with E-state index in [0.717, 1.165) is 46.3 Å². The molecule has 8 heteroatoms. The first kappa shape index (κ1) is 19.3. The molecular formula is C23H25N7O. The van der Waals surface area contributed by atoms with E-state index in [1.807, 2.05) is 36.5 Å². The normalized spacial score (nSPS) is 14.4. The van der Waals surface area contributed by atoms with E-state index in [0.29, 0.717) is 36.5 Å². The molecule has 5 N–H and O–H groups in total. The van der Waals surface area contributed by atoms with Crippen molar-refractivity contribution in [2.24, 2.45) is 10.7 Å². The highest BCUT2D eigenvalue weighted by Gasteiger charge is 2.21. The van der Waals surface area contributed by atoms with Gasteiger partial charge < -0.3 is 21.5 Å². The number of nitrogen functional groups attached to an aromatic ring is 1. The van der Waals surface area contributed by atoms with Crippen LogP contribution in [0.15, 0.2) is 53.7 Å². The molecular weight excluding hydrogens is 390 g/mol. The average Bonchev–Trinajstić information content (AvgIpc) is 3.48. The van der Waals surface area contributed by atoms with E-state index in [4.69, 9.17) is 21.2 Å². The first-order valence-electron chi connectivity index (χ1n) is 10.4. The van der Waals surface area contributed by atoms with Crippen LogP contribution in [-0.4, -0.2) is 46.5 Å². The van der Waals surface area contributed by atoms with Crippen LogP contribution in [0.3, 0.4) is 0 Å². The number of ether oxygens (including phenoxy) is 1. The first-order chi connectivity index (χ1) is 15.1. The van der Waals surface area contributed by atoms with Crippen LogP contribution in [0.4, 0.5) is 11.5 Å². The van der Waals surface area contributed by atoms with Gasteiger partial charge in [0.1, 0.15) is 5.84 Å². The van der Waals surface area contributed by atoms with Crippen LogP contribution < -0.4 is 16.8 Å². The minimum Gasteiger partial charge on any atom is -0.399 e. The fourth-order valence-electron chi connectivity index (χ4n) is 3.63. The van der Waals surface area contributed by atoms with Crippen molar-refractivity contribution >= 4 is 34.0 Å². The molecule has 0 aliphatic heterocycles. The Kier molecular flexibility index (Phi) is 4.91. The Morgan fingerprint density at radius 2 is 2.03 bits per heavy atom. The summed E-state index contributed by atoms with van der Waals surface area (Å²) in [6.07, 6.45) is 4.13. The summed E-state index contributed by atoms with van der Waals surface area (Å²) in [5, 5.41) is 3.32. The zero-order valence-corrected chi connectivity index (χ0v) is 17.4. The minimum atomic E-state index is 0.397. The maximum Gasteiger partial charge on any atom is 0.181 e. The fourth-order valence-corrected chi connectivity index (χ4v) is 3.63. The Morgan fingerprint density at radius 1 is 1.23 bits per heavy atom. The van der Waals surface area contributed by atoms with Gasteiger partial charge in [0.25, 0.3) is 0 Å². The average molecular weight is 416 g/mol. The van der Waals surface area contributed by atoms with Crippen LogP contribution in [0.2, 0.25) is 0 Å². The molecule has 5 rings (SSSR count). The number of benzene rings is 2. The van der Waals surface area contributed by atoms with Crippen molar-refractivity contribution in [2.45, 2.75) is 18.9 Å². The number of hydrogen-bond acceptors (Lipinski definition) is 6. The van der Waals surface area contributed by atoms with Crippen molar-refractivity contribution in [3.63, 3.8) is 0 Å². The largest absolute Gasteiger partial charge is 0.399 e. The van der Waals surface area contributed by atoms with Crippen LogP contribution in [-0.2, 0) is 4.74 Å². The molecule has 4 aromatic rings. The van der Waals surface area contributed by atoms with Gasteiger partial charge in [0.2, 0.25) is 0 Å². The third-order valence-electron chi connectivity index (χ3n) is 5.39. The summed E-state index contributed by atoms with van der Waals surface area (Å²) < 4.78 is 7.26. The van der Waals surface area contributed by atoms with Gasteiger partial charge in [-0.05, 0) is 31.0 Å². The van der Waals surface area contributed by atoms with Crippen LogP contribution in [0.5, 0.6) is 0 Å². The predicted molar refractivity (Wildman–Crippen MR) is 124 cm³/mol. The number of fused-ring (bicyclic) bond motifs is 3. The lowest BCUT2D eigenvalue weighted by Crippen LogP contribution is -2.14. The van der Waals surface area contributed by atoms with Gasteiger partial charge in [-0.3, -0.25) is 9.39 Å². The molecule has 0 radical (unpaired) electrons. The molecule has 2 aromatic carbocycles. The number of methoxy groups -OCH3 is 1. The second-order valence-electron chi connectivity index (χ2n) is 7.75. The quantitative estimate of drug-likeness (QED) is 0.185. The summed E-state index contributed by atoms with van der Waals surface area (Å²) in [5.41, 5.74) is 18.3. The van der Waals surface area contributed by atoms with Crippen LogP contribution in [0.1, 0.15) is 18.4 Å². The second kappa shape index (κ2) is 7.88. The van der Waals surface area contributed by atoms with Gasteiger partial charge >= 0.3 is 0 Å². The standard InChI is InChI=1S/C23H25N7O/c1-31-11-10-26-22-23-27-13-20(30(23)19-9-6-16(24)12-18(19)29-22)14-2-4-15(5-3-14)21(25)28-17-7-8-17/h2-6,9,12-13,17H,7-8,10-11,24H2,1H3,(H2,25,28)(H,26,29). The smallest absolute Gasteiger partial charge is 0.181 e. The third-order valence-corrected chi connectivity index (χ3v) is 5.39. The highest BCUT2D eigenvalue weighted by Crippen LogP contribution is 2.30. The van der Waals surface area contributed by atoms with Gasteiger partial charge in [0.05, 0.1) is 35.6 Å². The first-order valence-corrected chi connectivity index (χ1v) is 10.4. The molecule has 0 amide bonds. The van der Waals surface area contributed by atoms with Gasteiger partial charge in [0, 0.05) is 30.5 Å². The highest BCUT2D eigenvalue weighted by molar-refractivity contribution is 5.98. The SMILES string of the molecule is COCCNc1nc2cc(N)ccc2n2c(-c3ccc(C(N)=NC4CC4)cc3)cnc12. The number of imidazole rings is 1. The van der Waals surface area contributed by atoms with Crippen molar-refractivity contribution in [1.82, 2.24) is 14.4 Å². The van der Waals surface area contributed by atoms with Crippen molar-refractivity contribution in [3.8, 4) is 11.3 Å². The van der Waals surface area contributed by atoms with Gasteiger partial charge in [-0.2, -0.15) is 0 Å². The molecule has 8 nitrogen and oxygen atoms in total. The molecule has 0 atom stereocenters. The van der Waals surface area contributed by atoms with Crippen LogP contribution in [0.25, 0.3) is 27.9 Å². The summed E-state index contributed by atoms with van der Waals surface area (Å²) in [4.78, 5) is 14.0. The Labute approximate surface area is 180 Å². The molecule has 0 spiro atoms. The molecule has 0 unspecified atom stereocenters. The number of amidine groups is 1. The van der Waals surface area contributed by atoms with E-state index in [-0.39, 0.29) is 0 Å². The summed E-state index contributed by atoms with van der Waals surface area (Å²) in [6.45, 7) is 1.20. The van der Waals surface area contributed by atoms with Crippen LogP contribution in [0, 0.1) is 0 Å². The Balaban J connectivity index is 1.61. The number of aliphatic imine (C=N–C) groups is 1. The van der Waals surface area contributed by atoms with Crippen molar-refractivity contribution in [2.75, 3.05) is 31.3 Å². The Morgan fingerprint density at radius 3 is 2.77 bits per heavy atom. The lowest BCUT2D eigenvalue weighted by atomic mass is 10.1. The zero-order valence-electron chi connectivity index (χ0n) is 17.4. The van der Waals surface area contributed by atoms with Crippen molar-refractivity contribution in [3.05, 3.63) is 54.2 Å². The zero-order chi connectivity index (χ0) is 21.4. The number of aromatic nitrogens is 3. The molecule has 158 valence electrons. The topological polar surface area (TPSA) is 116 Å². The Hall–Kier alpha value is -3.65. The van der Waals surface area contributed by atoms with Crippen molar-refractivity contribution < 1.29 is 4.74 Å². The monoisotopic (exact) mass is 415 g/mol. The van der Waals surface area contributed by atoms with Gasteiger partial charge in [-0.1, -0.05) is 24.3 Å². The second-order valence-corrected chi connectivity index (χ2v) is 7.75. The molecule has 1 aliphatic carbocycles. The molecule has 1 saturated carbocycles. The third kappa shape index (κ3) is 3.77. The molecule has 1 aliphatic rings. The van der Waals surface area contributed by atoms with Crippen molar-refractivity contribution in [1.29, 1.82) is 0 Å². The van der Waals surface area contributed by atoms with Gasteiger partial charge in [-0.15, -0.1) is 0 Å². The number of hydrogen-bond donors (Lipinski definition) is 3. The number of nitrogens with zero attached hydrogens (tertiary/aromatic N) is 4. The summed E-state index contributed by atoms with van der Waals surface area (Å²) in [7, 11) is 1.67. The number of nitrogens with one attached hydrogen (secondary N) is 1. The maximum atomic E-state index is 6.16. The molecule has 0 bridgehead atoms. The van der Waals surface area contributed by atoms with E-state index < -0.39 is 0 Å². The number of rotatable bonds is 7. The van der Waals surface area contributed by atoms with E-state index in [1.165, 1.54) is 0 Å². The molecule has 0 saturated heterocycles. The summed E-state index contributed by atoms with van der Waals surface area (Å²) in [5.74, 6) is 1.29. The number of nitrogens with two attached hydrogens (primary N) is 2. The van der Waals surface area contributed by atoms with E-state index in [2.05, 4.69) is 31.8 Å². The lowest BCUT2D eigenvalue weighted by molar-refractivity contribution is 0.210. The predicted octanol–water partition coefficient (Wildman–Crippen LogP) is 3.06. The van der Waals surface area contributed by atoms with Gasteiger partial charge in [-0.25, -0.2) is 9.97 Å². The lowest BCUT2D eigenvalue weighted by Gasteiger charge is -2.12. The number of anilines is 2. The maximum absolute atomic E-state index is 6.16. The summed E-state index contributed by atoms with van der Waals surface area (Å²) in [6, 6.07) is 14.2. The molecule has 2 aromatic heterocycles. The molecule has 31 heavy (non-hydrogen) atoms. The minimum absolute atomic E-state index is 0.397. The van der Waals surface area contributed by atoms with E-state index >= 15 is 0 Å².